The molecule has 0 amide bonds. The smallest absolute Gasteiger partial charge is 0.243 e. The van der Waals surface area contributed by atoms with Gasteiger partial charge in [-0.05, 0) is 37.3 Å². The maximum atomic E-state index is 12.4. The lowest BCUT2D eigenvalue weighted by molar-refractivity contribution is 0.397. The third-order valence-corrected chi connectivity index (χ3v) is 4.68. The van der Waals surface area contributed by atoms with E-state index in [-0.39, 0.29) is 22.9 Å². The van der Waals surface area contributed by atoms with Crippen LogP contribution in [0.2, 0.25) is 0 Å². The minimum Gasteiger partial charge on any atom is -0.506 e. The van der Waals surface area contributed by atoms with Crippen LogP contribution in [0.1, 0.15) is 11.5 Å². The first kappa shape index (κ1) is 14.4. The number of hydrogen-bond acceptors (Lipinski definition) is 5. The van der Waals surface area contributed by atoms with Crippen LogP contribution < -0.4 is 5.73 Å². The molecule has 0 aliphatic carbocycles. The zero-order valence-electron chi connectivity index (χ0n) is 11.2. The zero-order valence-corrected chi connectivity index (χ0v) is 12.0. The van der Waals surface area contributed by atoms with Crippen molar-refractivity contribution in [1.29, 1.82) is 0 Å². The predicted octanol–water partition coefficient (Wildman–Crippen LogP) is 1.70. The van der Waals surface area contributed by atoms with Gasteiger partial charge in [0.05, 0.1) is 17.1 Å². The molecule has 0 radical (unpaired) electrons. The molecule has 0 saturated heterocycles. The molecule has 0 saturated carbocycles. The summed E-state index contributed by atoms with van der Waals surface area (Å²) in [5, 5.41) is 9.34. The summed E-state index contributed by atoms with van der Waals surface area (Å²) in [4.78, 5) is 0.0265. The Kier molecular flexibility index (Phi) is 3.74. The van der Waals surface area contributed by atoms with Crippen LogP contribution in [0, 0.1) is 6.92 Å². The van der Waals surface area contributed by atoms with Crippen LogP contribution in [0.3, 0.4) is 0 Å². The van der Waals surface area contributed by atoms with Gasteiger partial charge >= 0.3 is 0 Å². The largest absolute Gasteiger partial charge is 0.506 e. The van der Waals surface area contributed by atoms with Crippen LogP contribution in [0.15, 0.2) is 39.6 Å². The molecular formula is C13H16N2O4S. The van der Waals surface area contributed by atoms with Gasteiger partial charge in [-0.3, -0.25) is 0 Å². The van der Waals surface area contributed by atoms with Crippen molar-refractivity contribution in [1.82, 2.24) is 4.31 Å². The van der Waals surface area contributed by atoms with Crippen molar-refractivity contribution in [3.63, 3.8) is 0 Å². The van der Waals surface area contributed by atoms with E-state index in [1.54, 1.807) is 19.1 Å². The Labute approximate surface area is 117 Å². The lowest BCUT2D eigenvalue weighted by atomic mass is 10.3. The molecule has 20 heavy (non-hydrogen) atoms. The number of hydrogen-bond donors (Lipinski definition) is 2. The number of phenolic OH excluding ortho intramolecular Hbond substituents is 1. The Bertz CT molecular complexity index is 722. The fraction of sp³-hybridized carbons (Fsp3) is 0.231. The topological polar surface area (TPSA) is 96.8 Å². The van der Waals surface area contributed by atoms with E-state index >= 15 is 0 Å². The first-order chi connectivity index (χ1) is 9.30. The average Bonchev–Trinajstić information content (AvgIpc) is 2.78. The second-order valence-electron chi connectivity index (χ2n) is 4.49. The van der Waals surface area contributed by atoms with E-state index in [4.69, 9.17) is 10.2 Å². The van der Waals surface area contributed by atoms with Gasteiger partial charge < -0.3 is 15.3 Å². The lowest BCUT2D eigenvalue weighted by Crippen LogP contribution is -2.26. The Morgan fingerprint density at radius 2 is 2.00 bits per heavy atom. The number of aromatic hydroxyl groups is 1. The van der Waals surface area contributed by atoms with Crippen molar-refractivity contribution in [3.8, 4) is 5.75 Å². The van der Waals surface area contributed by atoms with Crippen molar-refractivity contribution < 1.29 is 17.9 Å². The van der Waals surface area contributed by atoms with Crippen molar-refractivity contribution in [3.05, 3.63) is 41.9 Å². The van der Waals surface area contributed by atoms with Crippen molar-refractivity contribution >= 4 is 15.7 Å². The first-order valence-electron chi connectivity index (χ1n) is 5.91. The average molecular weight is 296 g/mol. The third-order valence-electron chi connectivity index (χ3n) is 2.88. The molecule has 7 heteroatoms. The quantitative estimate of drug-likeness (QED) is 0.661. The van der Waals surface area contributed by atoms with Crippen LogP contribution in [0.25, 0.3) is 0 Å². The summed E-state index contributed by atoms with van der Waals surface area (Å²) in [6, 6.07) is 7.30. The van der Waals surface area contributed by atoms with Crippen molar-refractivity contribution in [2.45, 2.75) is 18.4 Å². The highest BCUT2D eigenvalue weighted by molar-refractivity contribution is 7.89. The van der Waals surface area contributed by atoms with E-state index in [1.165, 1.54) is 25.2 Å². The normalized spacial score (nSPS) is 11.9. The molecule has 0 aliphatic heterocycles. The minimum absolute atomic E-state index is 0.0216. The van der Waals surface area contributed by atoms with Gasteiger partial charge in [0.25, 0.3) is 0 Å². The van der Waals surface area contributed by atoms with E-state index in [1.807, 2.05) is 0 Å². The second-order valence-corrected chi connectivity index (χ2v) is 6.54. The summed E-state index contributed by atoms with van der Waals surface area (Å²) in [5.74, 6) is 1.13. The summed E-state index contributed by atoms with van der Waals surface area (Å²) in [7, 11) is -2.23. The Hall–Kier alpha value is -1.99. The summed E-state index contributed by atoms with van der Waals surface area (Å²) < 4.78 is 31.2. The van der Waals surface area contributed by atoms with Gasteiger partial charge in [-0.15, -0.1) is 0 Å². The monoisotopic (exact) mass is 296 g/mol. The van der Waals surface area contributed by atoms with Gasteiger partial charge in [-0.25, -0.2) is 8.42 Å². The molecule has 0 aliphatic rings. The number of nitrogens with two attached hydrogens (primary N) is 1. The molecule has 3 N–H and O–H groups in total. The number of rotatable bonds is 4. The van der Waals surface area contributed by atoms with Crippen LogP contribution in [0.4, 0.5) is 5.69 Å². The lowest BCUT2D eigenvalue weighted by Gasteiger charge is -2.16. The van der Waals surface area contributed by atoms with Gasteiger partial charge in [-0.2, -0.15) is 4.31 Å². The minimum atomic E-state index is -3.68. The summed E-state index contributed by atoms with van der Waals surface area (Å²) in [6.45, 7) is 1.91. The molecule has 0 fully saturated rings. The number of nitrogen functional groups attached to an aromatic ring is 1. The molecule has 0 spiro atoms. The molecule has 2 rings (SSSR count). The van der Waals surface area contributed by atoms with Crippen LogP contribution in [-0.4, -0.2) is 24.9 Å². The van der Waals surface area contributed by atoms with Crippen molar-refractivity contribution in [2.75, 3.05) is 12.8 Å². The molecule has 6 nitrogen and oxygen atoms in total. The second kappa shape index (κ2) is 5.18. The molecule has 0 unspecified atom stereocenters. The van der Waals surface area contributed by atoms with Gasteiger partial charge in [0, 0.05) is 7.05 Å². The molecule has 108 valence electrons. The summed E-state index contributed by atoms with van der Waals surface area (Å²) in [5.41, 5.74) is 5.54. The van der Waals surface area contributed by atoms with Gasteiger partial charge in [0.1, 0.15) is 17.3 Å². The van der Waals surface area contributed by atoms with Gasteiger partial charge in [0.2, 0.25) is 10.0 Å². The fourth-order valence-corrected chi connectivity index (χ4v) is 2.92. The van der Waals surface area contributed by atoms with Crippen LogP contribution in [-0.2, 0) is 16.6 Å². The SMILES string of the molecule is Cc1ccc(CN(C)S(=O)(=O)c2ccc(O)c(N)c2)o1. The Morgan fingerprint density at radius 1 is 1.30 bits per heavy atom. The van der Waals surface area contributed by atoms with E-state index in [0.29, 0.717) is 5.76 Å². The number of furan rings is 1. The van der Waals surface area contributed by atoms with Gasteiger partial charge in [0.15, 0.2) is 0 Å². The maximum Gasteiger partial charge on any atom is 0.243 e. The van der Waals surface area contributed by atoms with E-state index < -0.39 is 10.0 Å². The third kappa shape index (κ3) is 2.78. The number of sulfonamides is 1. The van der Waals surface area contributed by atoms with E-state index in [0.717, 1.165) is 10.1 Å². The molecule has 1 aromatic heterocycles. The highest BCUT2D eigenvalue weighted by atomic mass is 32.2. The number of anilines is 1. The molecule has 2 aromatic rings. The van der Waals surface area contributed by atoms with Crippen LogP contribution in [0.5, 0.6) is 5.75 Å². The standard InChI is InChI=1S/C13H16N2O4S/c1-9-3-4-10(19-9)8-15(2)20(17,18)11-5-6-13(16)12(14)7-11/h3-7,16H,8,14H2,1-2H3. The fourth-order valence-electron chi connectivity index (χ4n) is 1.75. The van der Waals surface area contributed by atoms with E-state index in [9.17, 15) is 13.5 Å². The molecule has 0 bridgehead atoms. The van der Waals surface area contributed by atoms with Gasteiger partial charge in [-0.1, -0.05) is 0 Å². The van der Waals surface area contributed by atoms with Crippen LogP contribution >= 0.6 is 0 Å². The van der Waals surface area contributed by atoms with Crippen molar-refractivity contribution in [2.24, 2.45) is 0 Å². The zero-order chi connectivity index (χ0) is 14.9. The number of phenols is 1. The molecule has 1 heterocycles. The first-order valence-corrected chi connectivity index (χ1v) is 7.35. The van der Waals surface area contributed by atoms with E-state index in [2.05, 4.69) is 0 Å². The highest BCUT2D eigenvalue weighted by Crippen LogP contribution is 2.25. The molecule has 0 atom stereocenters. The number of benzene rings is 1. The Balaban J connectivity index is 2.27. The summed E-state index contributed by atoms with van der Waals surface area (Å²) >= 11 is 0. The highest BCUT2D eigenvalue weighted by Gasteiger charge is 2.22. The molecule has 1 aromatic carbocycles. The molecular weight excluding hydrogens is 280 g/mol. The maximum absolute atomic E-state index is 12.4. The number of aryl methyl sites for hydroxylation is 1. The summed E-state index contributed by atoms with van der Waals surface area (Å²) in [6.07, 6.45) is 0. The predicted molar refractivity (Wildman–Crippen MR) is 74.6 cm³/mol. The number of nitrogens with zero attached hydrogens (tertiary/aromatic N) is 1. The Morgan fingerprint density at radius 3 is 2.55 bits per heavy atom.